The maximum Gasteiger partial charge on any atom is 0.335 e. The first kappa shape index (κ1) is 18.8. The second-order valence-electron chi connectivity index (χ2n) is 6.92. The fourth-order valence-electron chi connectivity index (χ4n) is 3.42. The van der Waals surface area contributed by atoms with E-state index in [-0.39, 0.29) is 30.6 Å². The number of fused-ring (bicyclic) bond motifs is 1. The number of nitrogens with zero attached hydrogens (tertiary/aromatic N) is 2. The van der Waals surface area contributed by atoms with Gasteiger partial charge in [0.05, 0.1) is 12.0 Å². The number of carbonyl (C=O) groups is 3. The van der Waals surface area contributed by atoms with Crippen LogP contribution in [0.3, 0.4) is 0 Å². The van der Waals surface area contributed by atoms with Crippen LogP contribution in [0.4, 0.5) is 0 Å². The van der Waals surface area contributed by atoms with Gasteiger partial charge in [-0.15, -0.1) is 0 Å². The van der Waals surface area contributed by atoms with Gasteiger partial charge in [-0.1, -0.05) is 12.1 Å². The molecule has 2 heterocycles. The number of carboxylic acid groups (broad SMARTS) is 1. The minimum atomic E-state index is -0.994. The molecule has 0 unspecified atom stereocenters. The fraction of sp³-hybridized carbons (Fsp3) is 0.286. The highest BCUT2D eigenvalue weighted by Crippen LogP contribution is 2.32. The molecule has 0 radical (unpaired) electrons. The van der Waals surface area contributed by atoms with Gasteiger partial charge >= 0.3 is 5.97 Å². The van der Waals surface area contributed by atoms with Crippen molar-refractivity contribution >= 4 is 17.8 Å². The molecular weight excluding hydrogens is 376 g/mol. The first-order valence-electron chi connectivity index (χ1n) is 9.30. The SMILES string of the molecule is O=C(O)c1ccc(CC(=O)N2CCN(C(=O)c3ccc4c(c3)OCO4)CC2)cc1. The molecule has 8 nitrogen and oxygen atoms in total. The molecule has 2 amide bonds. The van der Waals surface area contributed by atoms with E-state index in [2.05, 4.69) is 0 Å². The van der Waals surface area contributed by atoms with Gasteiger partial charge in [-0.05, 0) is 35.9 Å². The van der Waals surface area contributed by atoms with Crippen LogP contribution in [0.25, 0.3) is 0 Å². The minimum absolute atomic E-state index is 0.0387. The van der Waals surface area contributed by atoms with E-state index >= 15 is 0 Å². The lowest BCUT2D eigenvalue weighted by Crippen LogP contribution is -2.51. The van der Waals surface area contributed by atoms with Gasteiger partial charge in [0.2, 0.25) is 12.7 Å². The highest BCUT2D eigenvalue weighted by molar-refractivity contribution is 5.95. The fourth-order valence-corrected chi connectivity index (χ4v) is 3.42. The van der Waals surface area contributed by atoms with Crippen molar-refractivity contribution in [3.05, 3.63) is 59.2 Å². The number of ether oxygens (including phenoxy) is 2. The van der Waals surface area contributed by atoms with Gasteiger partial charge < -0.3 is 24.4 Å². The molecule has 29 heavy (non-hydrogen) atoms. The summed E-state index contributed by atoms with van der Waals surface area (Å²) in [6.45, 7) is 1.99. The number of amides is 2. The number of benzene rings is 2. The third-order valence-corrected chi connectivity index (χ3v) is 5.10. The van der Waals surface area contributed by atoms with E-state index in [1.807, 2.05) is 0 Å². The molecule has 2 aromatic rings. The normalized spacial score (nSPS) is 15.3. The van der Waals surface area contributed by atoms with Crippen LogP contribution >= 0.6 is 0 Å². The molecule has 0 atom stereocenters. The topological polar surface area (TPSA) is 96.4 Å². The van der Waals surface area contributed by atoms with Crippen molar-refractivity contribution in [3.8, 4) is 11.5 Å². The Hall–Kier alpha value is -3.55. The Kier molecular flexibility index (Phi) is 5.07. The lowest BCUT2D eigenvalue weighted by molar-refractivity contribution is -0.131. The van der Waals surface area contributed by atoms with E-state index in [1.165, 1.54) is 12.1 Å². The third-order valence-electron chi connectivity index (χ3n) is 5.10. The molecular formula is C21H20N2O6. The molecule has 1 saturated heterocycles. The summed E-state index contributed by atoms with van der Waals surface area (Å²) >= 11 is 0. The lowest BCUT2D eigenvalue weighted by Gasteiger charge is -2.35. The highest BCUT2D eigenvalue weighted by Gasteiger charge is 2.26. The maximum atomic E-state index is 12.7. The Labute approximate surface area is 167 Å². The predicted octanol–water partition coefficient (Wildman–Crippen LogP) is 1.64. The molecule has 150 valence electrons. The molecule has 2 aromatic carbocycles. The van der Waals surface area contributed by atoms with Crippen molar-refractivity contribution in [2.24, 2.45) is 0 Å². The van der Waals surface area contributed by atoms with Crippen LogP contribution in [-0.4, -0.2) is 65.7 Å². The molecule has 1 N–H and O–H groups in total. The van der Waals surface area contributed by atoms with E-state index in [0.29, 0.717) is 43.2 Å². The average Bonchev–Trinajstić information content (AvgIpc) is 3.21. The maximum absolute atomic E-state index is 12.7. The Morgan fingerprint density at radius 1 is 0.828 bits per heavy atom. The summed E-state index contributed by atoms with van der Waals surface area (Å²) in [5, 5.41) is 8.94. The van der Waals surface area contributed by atoms with Crippen LogP contribution in [0.2, 0.25) is 0 Å². The molecule has 0 spiro atoms. The Balaban J connectivity index is 1.32. The Morgan fingerprint density at radius 3 is 2.14 bits per heavy atom. The van der Waals surface area contributed by atoms with Gasteiger partial charge in [-0.3, -0.25) is 9.59 Å². The van der Waals surface area contributed by atoms with E-state index in [9.17, 15) is 14.4 Å². The number of carboxylic acids is 1. The smallest absolute Gasteiger partial charge is 0.335 e. The molecule has 0 aliphatic carbocycles. The van der Waals surface area contributed by atoms with Crippen LogP contribution in [-0.2, 0) is 11.2 Å². The van der Waals surface area contributed by atoms with Crippen LogP contribution in [0, 0.1) is 0 Å². The summed E-state index contributed by atoms with van der Waals surface area (Å²) in [4.78, 5) is 39.6. The number of aromatic carboxylic acids is 1. The van der Waals surface area contributed by atoms with Crippen LogP contribution in [0.15, 0.2) is 42.5 Å². The highest BCUT2D eigenvalue weighted by atomic mass is 16.7. The zero-order valence-electron chi connectivity index (χ0n) is 15.7. The van der Waals surface area contributed by atoms with Gasteiger partial charge in [0.1, 0.15) is 0 Å². The second kappa shape index (κ2) is 7.83. The quantitative estimate of drug-likeness (QED) is 0.844. The van der Waals surface area contributed by atoms with E-state index < -0.39 is 5.97 Å². The largest absolute Gasteiger partial charge is 0.478 e. The first-order valence-corrected chi connectivity index (χ1v) is 9.30. The van der Waals surface area contributed by atoms with Crippen LogP contribution in [0.5, 0.6) is 11.5 Å². The predicted molar refractivity (Wildman–Crippen MR) is 102 cm³/mol. The van der Waals surface area contributed by atoms with Crippen molar-refractivity contribution in [2.45, 2.75) is 6.42 Å². The Morgan fingerprint density at radius 2 is 1.45 bits per heavy atom. The molecule has 0 aromatic heterocycles. The first-order chi connectivity index (χ1) is 14.0. The van der Waals surface area contributed by atoms with Crippen molar-refractivity contribution in [2.75, 3.05) is 33.0 Å². The molecule has 8 heteroatoms. The van der Waals surface area contributed by atoms with Crippen molar-refractivity contribution < 1.29 is 29.0 Å². The molecule has 0 bridgehead atoms. The number of hydrogen-bond donors (Lipinski definition) is 1. The van der Waals surface area contributed by atoms with Gasteiger partial charge in [-0.2, -0.15) is 0 Å². The zero-order valence-corrected chi connectivity index (χ0v) is 15.7. The zero-order chi connectivity index (χ0) is 20.4. The van der Waals surface area contributed by atoms with Crippen molar-refractivity contribution in [1.29, 1.82) is 0 Å². The third kappa shape index (κ3) is 4.01. The minimum Gasteiger partial charge on any atom is -0.478 e. The number of rotatable bonds is 4. The molecule has 2 aliphatic rings. The van der Waals surface area contributed by atoms with Crippen molar-refractivity contribution in [1.82, 2.24) is 9.80 Å². The lowest BCUT2D eigenvalue weighted by atomic mass is 10.1. The summed E-state index contributed by atoms with van der Waals surface area (Å²) in [5.41, 5.74) is 1.49. The average molecular weight is 396 g/mol. The number of hydrogen-bond acceptors (Lipinski definition) is 5. The van der Waals surface area contributed by atoms with Gasteiger partial charge in [0, 0.05) is 31.7 Å². The van der Waals surface area contributed by atoms with Gasteiger partial charge in [0.15, 0.2) is 11.5 Å². The summed E-state index contributed by atoms with van der Waals surface area (Å²) in [6.07, 6.45) is 0.204. The number of carbonyl (C=O) groups excluding carboxylic acids is 2. The second-order valence-corrected chi connectivity index (χ2v) is 6.92. The summed E-state index contributed by atoms with van der Waals surface area (Å²) < 4.78 is 10.6. The van der Waals surface area contributed by atoms with Crippen LogP contribution in [0.1, 0.15) is 26.3 Å². The van der Waals surface area contributed by atoms with Gasteiger partial charge in [-0.25, -0.2) is 4.79 Å². The number of piperazine rings is 1. The summed E-state index contributed by atoms with van der Waals surface area (Å²) in [5.74, 6) is 0.0703. The summed E-state index contributed by atoms with van der Waals surface area (Å²) in [6, 6.07) is 11.4. The monoisotopic (exact) mass is 396 g/mol. The molecule has 0 saturated carbocycles. The Bertz CT molecular complexity index is 948. The molecule has 4 rings (SSSR count). The van der Waals surface area contributed by atoms with E-state index in [1.54, 1.807) is 40.1 Å². The molecule has 2 aliphatic heterocycles. The van der Waals surface area contributed by atoms with Gasteiger partial charge in [0.25, 0.3) is 5.91 Å². The van der Waals surface area contributed by atoms with E-state index in [0.717, 1.165) is 5.56 Å². The van der Waals surface area contributed by atoms with Crippen LogP contribution < -0.4 is 9.47 Å². The standard InChI is InChI=1S/C21H20N2O6/c24-19(11-14-1-3-15(4-2-14)21(26)27)22-7-9-23(10-8-22)20(25)16-5-6-17-18(12-16)29-13-28-17/h1-6,12H,7-11,13H2,(H,26,27). The van der Waals surface area contributed by atoms with E-state index in [4.69, 9.17) is 14.6 Å². The summed E-state index contributed by atoms with van der Waals surface area (Å²) in [7, 11) is 0. The van der Waals surface area contributed by atoms with Crippen molar-refractivity contribution in [3.63, 3.8) is 0 Å². The molecule has 1 fully saturated rings.